The quantitative estimate of drug-likeness (QED) is 0.718. The van der Waals surface area contributed by atoms with Crippen molar-refractivity contribution in [3.8, 4) is 11.5 Å². The average molecular weight is 433 g/mol. The van der Waals surface area contributed by atoms with Gasteiger partial charge in [0.2, 0.25) is 10.0 Å². The number of anilines is 1. The Kier molecular flexibility index (Phi) is 5.99. The van der Waals surface area contributed by atoms with E-state index in [1.807, 2.05) is 0 Å². The van der Waals surface area contributed by atoms with E-state index in [4.69, 9.17) is 9.47 Å². The molecule has 1 heterocycles. The lowest BCUT2D eigenvalue weighted by Crippen LogP contribution is -2.28. The SMILES string of the molecule is COc1ccc(C(=O)NC(C)c2ccc3c(c2)NC(=O)CO3)cc1S(=O)(=O)N(C)C. The zero-order chi connectivity index (χ0) is 22.1. The van der Waals surface area contributed by atoms with Gasteiger partial charge in [-0.3, -0.25) is 9.59 Å². The van der Waals surface area contributed by atoms with Crippen LogP contribution in [0.1, 0.15) is 28.9 Å². The minimum atomic E-state index is -3.80. The van der Waals surface area contributed by atoms with E-state index in [2.05, 4.69) is 10.6 Å². The number of hydrogen-bond donors (Lipinski definition) is 2. The maximum Gasteiger partial charge on any atom is 0.262 e. The molecule has 160 valence electrons. The number of methoxy groups -OCH3 is 1. The summed E-state index contributed by atoms with van der Waals surface area (Å²) in [6.07, 6.45) is 0. The molecule has 9 nitrogen and oxygen atoms in total. The van der Waals surface area contributed by atoms with E-state index in [-0.39, 0.29) is 28.7 Å². The molecule has 3 rings (SSSR count). The summed E-state index contributed by atoms with van der Waals surface area (Å²) in [6, 6.07) is 9.07. The highest BCUT2D eigenvalue weighted by Gasteiger charge is 2.24. The van der Waals surface area contributed by atoms with Crippen molar-refractivity contribution < 1.29 is 27.5 Å². The van der Waals surface area contributed by atoms with Gasteiger partial charge in [0.05, 0.1) is 18.8 Å². The first-order chi connectivity index (χ1) is 14.1. The zero-order valence-corrected chi connectivity index (χ0v) is 17.9. The first-order valence-electron chi connectivity index (χ1n) is 9.11. The molecule has 1 atom stereocenters. The van der Waals surface area contributed by atoms with Crippen LogP contribution in [0, 0.1) is 0 Å². The van der Waals surface area contributed by atoms with E-state index < -0.39 is 22.0 Å². The molecule has 1 aliphatic heterocycles. The van der Waals surface area contributed by atoms with Crippen LogP contribution in [0.4, 0.5) is 5.69 Å². The molecular weight excluding hydrogens is 410 g/mol. The fraction of sp³-hybridized carbons (Fsp3) is 0.300. The second-order valence-corrected chi connectivity index (χ2v) is 9.06. The van der Waals surface area contributed by atoms with Gasteiger partial charge >= 0.3 is 0 Å². The van der Waals surface area contributed by atoms with Gasteiger partial charge in [-0.2, -0.15) is 0 Å². The third-order valence-corrected chi connectivity index (χ3v) is 6.50. The van der Waals surface area contributed by atoms with Crippen molar-refractivity contribution in [3.63, 3.8) is 0 Å². The number of carbonyl (C=O) groups excluding carboxylic acids is 2. The number of sulfonamides is 1. The average Bonchev–Trinajstić information content (AvgIpc) is 2.72. The normalized spacial score (nSPS) is 14.4. The van der Waals surface area contributed by atoms with Crippen LogP contribution in [0.25, 0.3) is 0 Å². The smallest absolute Gasteiger partial charge is 0.262 e. The fourth-order valence-corrected chi connectivity index (χ4v) is 4.02. The largest absolute Gasteiger partial charge is 0.495 e. The number of carbonyl (C=O) groups is 2. The van der Waals surface area contributed by atoms with Crippen LogP contribution in [-0.2, 0) is 14.8 Å². The Hall–Kier alpha value is -3.11. The van der Waals surface area contributed by atoms with Gasteiger partial charge in [-0.05, 0) is 42.8 Å². The summed E-state index contributed by atoms with van der Waals surface area (Å²) >= 11 is 0. The molecule has 0 aromatic heterocycles. The molecule has 2 aromatic carbocycles. The van der Waals surface area contributed by atoms with Crippen molar-refractivity contribution in [2.45, 2.75) is 17.9 Å². The maximum atomic E-state index is 12.8. The lowest BCUT2D eigenvalue weighted by molar-refractivity contribution is -0.118. The van der Waals surface area contributed by atoms with E-state index in [0.29, 0.717) is 11.4 Å². The van der Waals surface area contributed by atoms with Gasteiger partial charge in [0.25, 0.3) is 11.8 Å². The lowest BCUT2D eigenvalue weighted by atomic mass is 10.1. The van der Waals surface area contributed by atoms with Crippen molar-refractivity contribution in [2.24, 2.45) is 0 Å². The number of fused-ring (bicyclic) bond motifs is 1. The highest BCUT2D eigenvalue weighted by atomic mass is 32.2. The summed E-state index contributed by atoms with van der Waals surface area (Å²) in [7, 11) is 0.378. The second kappa shape index (κ2) is 8.33. The van der Waals surface area contributed by atoms with Gasteiger partial charge in [-0.1, -0.05) is 6.07 Å². The number of nitrogens with one attached hydrogen (secondary N) is 2. The highest BCUT2D eigenvalue weighted by Crippen LogP contribution is 2.31. The molecule has 0 radical (unpaired) electrons. The van der Waals surface area contributed by atoms with Crippen LogP contribution < -0.4 is 20.1 Å². The van der Waals surface area contributed by atoms with Crippen molar-refractivity contribution in [1.29, 1.82) is 0 Å². The van der Waals surface area contributed by atoms with Gasteiger partial charge in [-0.15, -0.1) is 0 Å². The van der Waals surface area contributed by atoms with Crippen molar-refractivity contribution in [1.82, 2.24) is 9.62 Å². The molecule has 30 heavy (non-hydrogen) atoms. The van der Waals surface area contributed by atoms with Crippen molar-refractivity contribution in [3.05, 3.63) is 47.5 Å². The molecule has 10 heteroatoms. The third-order valence-electron chi connectivity index (χ3n) is 4.67. The van der Waals surface area contributed by atoms with Gasteiger partial charge < -0.3 is 20.1 Å². The van der Waals surface area contributed by atoms with Crippen LogP contribution in [0.5, 0.6) is 11.5 Å². The molecule has 0 fully saturated rings. The molecule has 0 saturated heterocycles. The summed E-state index contributed by atoms with van der Waals surface area (Å²) in [5.41, 5.74) is 1.47. The Morgan fingerprint density at radius 1 is 1.23 bits per heavy atom. The molecule has 0 spiro atoms. The molecule has 2 amide bonds. The number of nitrogens with zero attached hydrogens (tertiary/aromatic N) is 1. The Morgan fingerprint density at radius 2 is 1.97 bits per heavy atom. The minimum absolute atomic E-state index is 0.0334. The zero-order valence-electron chi connectivity index (χ0n) is 17.1. The lowest BCUT2D eigenvalue weighted by Gasteiger charge is -2.21. The van der Waals surface area contributed by atoms with Crippen LogP contribution >= 0.6 is 0 Å². The Bertz CT molecular complexity index is 1100. The van der Waals surface area contributed by atoms with Gasteiger partial charge in [-0.25, -0.2) is 12.7 Å². The predicted molar refractivity (Wildman–Crippen MR) is 110 cm³/mol. The predicted octanol–water partition coefficient (Wildman–Crippen LogP) is 1.77. The van der Waals surface area contributed by atoms with E-state index in [1.54, 1.807) is 25.1 Å². The van der Waals surface area contributed by atoms with E-state index >= 15 is 0 Å². The number of rotatable bonds is 6. The number of hydrogen-bond acceptors (Lipinski definition) is 6. The number of ether oxygens (including phenoxy) is 2. The van der Waals surface area contributed by atoms with Crippen LogP contribution in [0.15, 0.2) is 41.3 Å². The van der Waals surface area contributed by atoms with E-state index in [1.165, 1.54) is 39.4 Å². The van der Waals surface area contributed by atoms with Crippen LogP contribution in [0.2, 0.25) is 0 Å². The van der Waals surface area contributed by atoms with Gasteiger partial charge in [0.1, 0.15) is 16.4 Å². The monoisotopic (exact) mass is 433 g/mol. The molecule has 2 aromatic rings. The number of benzene rings is 2. The van der Waals surface area contributed by atoms with Gasteiger partial charge in [0.15, 0.2) is 6.61 Å². The maximum absolute atomic E-state index is 12.8. The summed E-state index contributed by atoms with van der Waals surface area (Å²) in [4.78, 5) is 24.2. The van der Waals surface area contributed by atoms with Crippen LogP contribution in [-0.4, -0.2) is 52.3 Å². The first kappa shape index (κ1) is 21.6. The second-order valence-electron chi connectivity index (χ2n) is 6.94. The topological polar surface area (TPSA) is 114 Å². The van der Waals surface area contributed by atoms with Crippen molar-refractivity contribution >= 4 is 27.5 Å². The van der Waals surface area contributed by atoms with Crippen LogP contribution in [0.3, 0.4) is 0 Å². The van der Waals surface area contributed by atoms with Crippen molar-refractivity contribution in [2.75, 3.05) is 33.1 Å². The Labute approximate surface area is 175 Å². The molecular formula is C20H23N3O6S. The standard InChI is InChI=1S/C20H23N3O6S/c1-12(13-5-7-16-15(9-13)22-19(24)11-29-16)21-20(25)14-6-8-17(28-4)18(10-14)30(26,27)23(2)3/h5-10,12H,11H2,1-4H3,(H,21,25)(H,22,24). The molecule has 1 aliphatic rings. The first-order valence-corrected chi connectivity index (χ1v) is 10.6. The Morgan fingerprint density at radius 3 is 2.63 bits per heavy atom. The molecule has 0 saturated carbocycles. The summed E-state index contributed by atoms with van der Waals surface area (Å²) < 4.78 is 36.7. The Balaban J connectivity index is 1.84. The minimum Gasteiger partial charge on any atom is -0.495 e. The van der Waals surface area contributed by atoms with E-state index in [0.717, 1.165) is 9.87 Å². The number of amides is 2. The molecule has 0 aliphatic carbocycles. The summed E-state index contributed by atoms with van der Waals surface area (Å²) in [5, 5.41) is 5.56. The van der Waals surface area contributed by atoms with E-state index in [9.17, 15) is 18.0 Å². The highest BCUT2D eigenvalue weighted by molar-refractivity contribution is 7.89. The molecule has 1 unspecified atom stereocenters. The third kappa shape index (κ3) is 4.24. The summed E-state index contributed by atoms with van der Waals surface area (Å²) in [6.45, 7) is 1.75. The molecule has 0 bridgehead atoms. The molecule has 2 N–H and O–H groups in total. The summed E-state index contributed by atoms with van der Waals surface area (Å²) in [5.74, 6) is 0.0202. The van der Waals surface area contributed by atoms with Gasteiger partial charge in [0, 0.05) is 19.7 Å². The fourth-order valence-electron chi connectivity index (χ4n) is 2.95.